The second kappa shape index (κ2) is 5.64. The summed E-state index contributed by atoms with van der Waals surface area (Å²) in [4.78, 5) is 14.8. The van der Waals surface area contributed by atoms with Crippen LogP contribution in [0.4, 0.5) is 10.1 Å². The van der Waals surface area contributed by atoms with E-state index >= 15 is 0 Å². The molecule has 0 unspecified atom stereocenters. The van der Waals surface area contributed by atoms with Gasteiger partial charge in [-0.1, -0.05) is 6.07 Å². The van der Waals surface area contributed by atoms with Gasteiger partial charge in [0.2, 0.25) is 5.89 Å². The fourth-order valence-corrected chi connectivity index (χ4v) is 2.39. The standard InChI is InChI=1S/C15H13FN4O3/c1-9-14(20(21)22)10(2)19(18-9)7-13-8-23-15(17-13)11-4-3-5-12(16)6-11/h3-6,8H,7H2,1-2H3. The number of aryl methyl sites for hydroxylation is 1. The quantitative estimate of drug-likeness (QED) is 0.544. The molecule has 2 heterocycles. The Balaban J connectivity index is 1.88. The zero-order chi connectivity index (χ0) is 16.6. The van der Waals surface area contributed by atoms with E-state index < -0.39 is 4.92 Å². The average Bonchev–Trinajstić information content (AvgIpc) is 3.05. The lowest BCUT2D eigenvalue weighted by Crippen LogP contribution is -2.04. The fourth-order valence-electron chi connectivity index (χ4n) is 2.39. The number of benzene rings is 1. The molecular weight excluding hydrogens is 303 g/mol. The van der Waals surface area contributed by atoms with Crippen molar-refractivity contribution in [2.24, 2.45) is 0 Å². The van der Waals surface area contributed by atoms with E-state index in [-0.39, 0.29) is 23.9 Å². The van der Waals surface area contributed by atoms with E-state index in [0.29, 0.717) is 22.6 Å². The summed E-state index contributed by atoms with van der Waals surface area (Å²) in [6.07, 6.45) is 1.43. The second-order valence-electron chi connectivity index (χ2n) is 5.09. The van der Waals surface area contributed by atoms with Gasteiger partial charge >= 0.3 is 5.69 Å². The minimum Gasteiger partial charge on any atom is -0.444 e. The van der Waals surface area contributed by atoms with Crippen molar-refractivity contribution < 1.29 is 13.7 Å². The van der Waals surface area contributed by atoms with Crippen molar-refractivity contribution in [2.45, 2.75) is 20.4 Å². The summed E-state index contributed by atoms with van der Waals surface area (Å²) in [6, 6.07) is 5.91. The Hall–Kier alpha value is -3.03. The number of nitrogens with zero attached hydrogens (tertiary/aromatic N) is 4. The molecular formula is C15H13FN4O3. The Morgan fingerprint density at radius 3 is 2.83 bits per heavy atom. The van der Waals surface area contributed by atoms with Gasteiger partial charge in [0, 0.05) is 5.56 Å². The van der Waals surface area contributed by atoms with Crippen LogP contribution in [0.3, 0.4) is 0 Å². The topological polar surface area (TPSA) is 87.0 Å². The molecule has 7 nitrogen and oxygen atoms in total. The van der Waals surface area contributed by atoms with Gasteiger partial charge < -0.3 is 4.42 Å². The van der Waals surface area contributed by atoms with Crippen molar-refractivity contribution >= 4 is 5.69 Å². The molecule has 118 valence electrons. The number of hydrogen-bond acceptors (Lipinski definition) is 5. The van der Waals surface area contributed by atoms with Crippen molar-refractivity contribution in [3.8, 4) is 11.5 Å². The molecule has 0 bridgehead atoms. The predicted octanol–water partition coefficient (Wildman–Crippen LogP) is 3.25. The highest BCUT2D eigenvalue weighted by molar-refractivity contribution is 5.53. The van der Waals surface area contributed by atoms with Gasteiger partial charge in [-0.25, -0.2) is 9.37 Å². The van der Waals surface area contributed by atoms with E-state index in [4.69, 9.17) is 4.42 Å². The number of rotatable bonds is 4. The number of halogens is 1. The second-order valence-corrected chi connectivity index (χ2v) is 5.09. The van der Waals surface area contributed by atoms with Gasteiger partial charge in [-0.2, -0.15) is 5.10 Å². The largest absolute Gasteiger partial charge is 0.444 e. The van der Waals surface area contributed by atoms with Crippen molar-refractivity contribution in [3.63, 3.8) is 0 Å². The van der Waals surface area contributed by atoms with Gasteiger partial charge in [-0.05, 0) is 32.0 Å². The summed E-state index contributed by atoms with van der Waals surface area (Å²) < 4.78 is 20.1. The van der Waals surface area contributed by atoms with Crippen LogP contribution in [0, 0.1) is 29.8 Å². The molecule has 0 N–H and O–H groups in total. The highest BCUT2D eigenvalue weighted by Gasteiger charge is 2.22. The van der Waals surface area contributed by atoms with Crippen LogP contribution in [-0.2, 0) is 6.54 Å². The monoisotopic (exact) mass is 316 g/mol. The Morgan fingerprint density at radius 2 is 2.17 bits per heavy atom. The molecule has 3 aromatic rings. The van der Waals surface area contributed by atoms with Gasteiger partial charge in [0.25, 0.3) is 0 Å². The van der Waals surface area contributed by atoms with E-state index in [9.17, 15) is 14.5 Å². The van der Waals surface area contributed by atoms with Crippen LogP contribution in [0.5, 0.6) is 0 Å². The normalized spacial score (nSPS) is 10.9. The first-order chi connectivity index (χ1) is 11.0. The molecule has 1 aromatic carbocycles. The molecule has 0 saturated carbocycles. The fraction of sp³-hybridized carbons (Fsp3) is 0.200. The van der Waals surface area contributed by atoms with Crippen LogP contribution in [0.1, 0.15) is 17.1 Å². The van der Waals surface area contributed by atoms with Gasteiger partial charge in [0.05, 0.1) is 11.5 Å². The van der Waals surface area contributed by atoms with Gasteiger partial charge in [-0.15, -0.1) is 0 Å². The first-order valence-corrected chi connectivity index (χ1v) is 6.84. The number of hydrogen-bond donors (Lipinski definition) is 0. The van der Waals surface area contributed by atoms with E-state index in [1.807, 2.05) is 0 Å². The molecule has 0 aliphatic carbocycles. The molecule has 0 fully saturated rings. The first kappa shape index (κ1) is 14.9. The molecule has 0 atom stereocenters. The van der Waals surface area contributed by atoms with Gasteiger partial charge in [-0.3, -0.25) is 14.8 Å². The van der Waals surface area contributed by atoms with Crippen LogP contribution in [0.25, 0.3) is 11.5 Å². The maximum Gasteiger partial charge on any atom is 0.312 e. The van der Waals surface area contributed by atoms with E-state index in [0.717, 1.165) is 0 Å². The lowest BCUT2D eigenvalue weighted by Gasteiger charge is -1.99. The SMILES string of the molecule is Cc1nn(Cc2coc(-c3cccc(F)c3)n2)c(C)c1[N+](=O)[O-]. The summed E-state index contributed by atoms with van der Waals surface area (Å²) >= 11 is 0. The summed E-state index contributed by atoms with van der Waals surface area (Å²) in [5, 5.41) is 15.2. The van der Waals surface area contributed by atoms with E-state index in [1.165, 1.54) is 23.1 Å². The third kappa shape index (κ3) is 2.83. The maximum absolute atomic E-state index is 13.2. The Morgan fingerprint density at radius 1 is 1.39 bits per heavy atom. The Labute approximate surface area is 130 Å². The summed E-state index contributed by atoms with van der Waals surface area (Å²) in [5.41, 5.74) is 1.86. The molecule has 2 aromatic heterocycles. The number of aromatic nitrogens is 3. The zero-order valence-corrected chi connectivity index (χ0v) is 12.5. The van der Waals surface area contributed by atoms with Crippen LogP contribution >= 0.6 is 0 Å². The molecule has 3 rings (SSSR count). The summed E-state index contributed by atoms with van der Waals surface area (Å²) in [5.74, 6) is -0.0908. The average molecular weight is 316 g/mol. The van der Waals surface area contributed by atoms with Gasteiger partial charge in [0.15, 0.2) is 0 Å². The maximum atomic E-state index is 13.2. The molecule has 0 spiro atoms. The molecule has 0 aliphatic heterocycles. The number of nitro groups is 1. The third-order valence-electron chi connectivity index (χ3n) is 3.46. The minimum atomic E-state index is -0.449. The van der Waals surface area contributed by atoms with Crippen molar-refractivity contribution in [1.29, 1.82) is 0 Å². The zero-order valence-electron chi connectivity index (χ0n) is 12.5. The Bertz CT molecular complexity index is 885. The third-order valence-corrected chi connectivity index (χ3v) is 3.46. The summed E-state index contributed by atoms with van der Waals surface area (Å²) in [6.45, 7) is 3.45. The minimum absolute atomic E-state index is 0.00107. The van der Waals surface area contributed by atoms with Crippen LogP contribution in [-0.4, -0.2) is 19.7 Å². The molecule has 0 amide bonds. The van der Waals surface area contributed by atoms with Crippen LogP contribution in [0.15, 0.2) is 34.9 Å². The highest BCUT2D eigenvalue weighted by Crippen LogP contribution is 2.24. The molecule has 23 heavy (non-hydrogen) atoms. The lowest BCUT2D eigenvalue weighted by atomic mass is 10.2. The molecule has 0 aliphatic rings. The van der Waals surface area contributed by atoms with Crippen LogP contribution < -0.4 is 0 Å². The first-order valence-electron chi connectivity index (χ1n) is 6.84. The van der Waals surface area contributed by atoms with Crippen molar-refractivity contribution in [2.75, 3.05) is 0 Å². The predicted molar refractivity (Wildman–Crippen MR) is 79.4 cm³/mol. The lowest BCUT2D eigenvalue weighted by molar-refractivity contribution is -0.386. The highest BCUT2D eigenvalue weighted by atomic mass is 19.1. The van der Waals surface area contributed by atoms with Crippen molar-refractivity contribution in [1.82, 2.24) is 14.8 Å². The molecule has 0 radical (unpaired) electrons. The molecule has 8 heteroatoms. The van der Waals surface area contributed by atoms with E-state index in [1.54, 1.807) is 26.0 Å². The van der Waals surface area contributed by atoms with Gasteiger partial charge in [0.1, 0.15) is 29.2 Å². The van der Waals surface area contributed by atoms with Crippen molar-refractivity contribution in [3.05, 3.63) is 63.5 Å². The van der Waals surface area contributed by atoms with Crippen LogP contribution in [0.2, 0.25) is 0 Å². The Kier molecular flexibility index (Phi) is 3.65. The smallest absolute Gasteiger partial charge is 0.312 e. The molecule has 0 saturated heterocycles. The summed E-state index contributed by atoms with van der Waals surface area (Å²) in [7, 11) is 0. The number of oxazole rings is 1. The van der Waals surface area contributed by atoms with E-state index in [2.05, 4.69) is 10.1 Å².